The number of nitrogens with two attached hydrogens (primary N) is 1. The molecule has 0 aliphatic heterocycles. The van der Waals surface area contributed by atoms with Crippen LogP contribution in [0.4, 0.5) is 0 Å². The van der Waals surface area contributed by atoms with E-state index in [0.717, 1.165) is 0 Å². The zero-order chi connectivity index (χ0) is 12.1. The maximum atomic E-state index is 5.94. The third-order valence-electron chi connectivity index (χ3n) is 1.80. The fourth-order valence-electron chi connectivity index (χ4n) is 0.869. The lowest BCUT2D eigenvalue weighted by Crippen LogP contribution is -2.29. The van der Waals surface area contributed by atoms with Crippen LogP contribution in [0, 0.1) is 0 Å². The van der Waals surface area contributed by atoms with Crippen LogP contribution < -0.4 is 5.73 Å². The Bertz CT molecular complexity index is 409. The molecule has 1 aromatic carbocycles. The molecule has 0 bridgehead atoms. The standard InChI is InChI=1S/C10H12Cl2N4.ClH/c1-16(2)10(13)15-14-6-7-8(11)4-3-5-9(7)12;/h3-6H,1-2H3,(H2,13,15);1H. The Morgan fingerprint density at radius 2 is 1.82 bits per heavy atom. The Balaban J connectivity index is 0.00000256. The second-order valence-electron chi connectivity index (χ2n) is 3.23. The van der Waals surface area contributed by atoms with E-state index in [1.807, 2.05) is 0 Å². The quantitative estimate of drug-likeness (QED) is 0.518. The molecule has 0 atom stereocenters. The van der Waals surface area contributed by atoms with Crippen LogP contribution in [0.5, 0.6) is 0 Å². The van der Waals surface area contributed by atoms with E-state index in [-0.39, 0.29) is 12.4 Å². The molecule has 0 aliphatic rings. The van der Waals surface area contributed by atoms with Gasteiger partial charge in [0.2, 0.25) is 5.96 Å². The Kier molecular flexibility index (Phi) is 6.95. The zero-order valence-electron chi connectivity index (χ0n) is 9.39. The summed E-state index contributed by atoms with van der Waals surface area (Å²) in [6.45, 7) is 0. The SMILES string of the molecule is CN(C)/C(N)=N/N=Cc1c(Cl)cccc1Cl.Cl. The van der Waals surface area contributed by atoms with E-state index in [4.69, 9.17) is 28.9 Å². The van der Waals surface area contributed by atoms with E-state index in [1.54, 1.807) is 37.2 Å². The maximum absolute atomic E-state index is 5.94. The third-order valence-corrected chi connectivity index (χ3v) is 2.46. The number of rotatable bonds is 2. The molecule has 2 N–H and O–H groups in total. The van der Waals surface area contributed by atoms with Crippen molar-refractivity contribution < 1.29 is 0 Å². The normalized spacial score (nSPS) is 11.4. The summed E-state index contributed by atoms with van der Waals surface area (Å²) in [4.78, 5) is 1.64. The van der Waals surface area contributed by atoms with Crippen molar-refractivity contribution in [2.24, 2.45) is 15.9 Å². The third kappa shape index (κ3) is 4.81. The smallest absolute Gasteiger partial charge is 0.215 e. The Labute approximate surface area is 117 Å². The van der Waals surface area contributed by atoms with E-state index < -0.39 is 0 Å². The number of halogens is 3. The second-order valence-corrected chi connectivity index (χ2v) is 4.05. The molecule has 0 saturated heterocycles. The van der Waals surface area contributed by atoms with Gasteiger partial charge in [0.1, 0.15) is 0 Å². The monoisotopic (exact) mass is 294 g/mol. The van der Waals surface area contributed by atoms with Gasteiger partial charge in [-0.2, -0.15) is 5.10 Å². The lowest BCUT2D eigenvalue weighted by molar-refractivity contribution is 0.611. The first-order chi connectivity index (χ1) is 7.52. The zero-order valence-corrected chi connectivity index (χ0v) is 11.7. The number of guanidine groups is 1. The second kappa shape index (κ2) is 7.37. The Hall–Kier alpha value is -0.970. The first-order valence-corrected chi connectivity index (χ1v) is 5.26. The minimum atomic E-state index is 0. The van der Waals surface area contributed by atoms with E-state index in [2.05, 4.69) is 10.2 Å². The first-order valence-electron chi connectivity index (χ1n) is 4.50. The molecule has 0 amide bonds. The van der Waals surface area contributed by atoms with Crippen molar-refractivity contribution >= 4 is 47.8 Å². The van der Waals surface area contributed by atoms with Gasteiger partial charge in [-0.3, -0.25) is 0 Å². The highest BCUT2D eigenvalue weighted by molar-refractivity contribution is 6.38. The average Bonchev–Trinajstić information content (AvgIpc) is 2.22. The van der Waals surface area contributed by atoms with Gasteiger partial charge in [0.25, 0.3) is 0 Å². The van der Waals surface area contributed by atoms with Crippen LogP contribution in [0.1, 0.15) is 5.56 Å². The van der Waals surface area contributed by atoms with Gasteiger partial charge in [0.05, 0.1) is 16.3 Å². The number of nitrogens with zero attached hydrogens (tertiary/aromatic N) is 3. The minimum absolute atomic E-state index is 0. The van der Waals surface area contributed by atoms with Gasteiger partial charge in [-0.05, 0) is 12.1 Å². The Morgan fingerprint density at radius 1 is 1.29 bits per heavy atom. The van der Waals surface area contributed by atoms with Crippen LogP contribution >= 0.6 is 35.6 Å². The predicted molar refractivity (Wildman–Crippen MR) is 76.6 cm³/mol. The van der Waals surface area contributed by atoms with Crippen molar-refractivity contribution in [2.45, 2.75) is 0 Å². The van der Waals surface area contributed by atoms with Crippen molar-refractivity contribution in [2.75, 3.05) is 14.1 Å². The molecule has 0 fully saturated rings. The fraction of sp³-hybridized carbons (Fsp3) is 0.200. The summed E-state index contributed by atoms with van der Waals surface area (Å²) >= 11 is 11.9. The molecule has 1 aromatic rings. The Morgan fingerprint density at radius 3 is 2.29 bits per heavy atom. The van der Waals surface area contributed by atoms with Crippen molar-refractivity contribution in [1.82, 2.24) is 4.90 Å². The molecular weight excluding hydrogens is 282 g/mol. The molecule has 0 unspecified atom stereocenters. The van der Waals surface area contributed by atoms with Crippen LogP contribution in [-0.2, 0) is 0 Å². The number of hydrogen-bond acceptors (Lipinski definition) is 2. The molecule has 0 radical (unpaired) electrons. The van der Waals surface area contributed by atoms with Gasteiger partial charge in [-0.25, -0.2) is 0 Å². The van der Waals surface area contributed by atoms with E-state index in [0.29, 0.717) is 21.6 Å². The summed E-state index contributed by atoms with van der Waals surface area (Å²) in [6.07, 6.45) is 1.47. The van der Waals surface area contributed by atoms with E-state index in [9.17, 15) is 0 Å². The first kappa shape index (κ1) is 16.0. The van der Waals surface area contributed by atoms with Gasteiger partial charge in [-0.1, -0.05) is 29.3 Å². The highest BCUT2D eigenvalue weighted by Crippen LogP contribution is 2.22. The molecule has 4 nitrogen and oxygen atoms in total. The summed E-state index contributed by atoms with van der Waals surface area (Å²) in [5.41, 5.74) is 6.18. The molecular formula is C10H13Cl3N4. The van der Waals surface area contributed by atoms with Gasteiger partial charge >= 0.3 is 0 Å². The molecule has 0 spiro atoms. The maximum Gasteiger partial charge on any atom is 0.215 e. The molecule has 0 saturated carbocycles. The van der Waals surface area contributed by atoms with Crippen LogP contribution in [-0.4, -0.2) is 31.2 Å². The average molecular weight is 296 g/mol. The van der Waals surface area contributed by atoms with Crippen molar-refractivity contribution in [3.05, 3.63) is 33.8 Å². The van der Waals surface area contributed by atoms with Crippen LogP contribution in [0.2, 0.25) is 10.0 Å². The summed E-state index contributed by atoms with van der Waals surface area (Å²) in [6, 6.07) is 5.22. The van der Waals surface area contributed by atoms with Crippen LogP contribution in [0.25, 0.3) is 0 Å². The van der Waals surface area contributed by atoms with Gasteiger partial charge in [0, 0.05) is 19.7 Å². The number of hydrogen-bond donors (Lipinski definition) is 1. The summed E-state index contributed by atoms with van der Waals surface area (Å²) in [5, 5.41) is 8.63. The van der Waals surface area contributed by atoms with Gasteiger partial charge < -0.3 is 10.6 Å². The summed E-state index contributed by atoms with van der Waals surface area (Å²) in [7, 11) is 3.55. The summed E-state index contributed by atoms with van der Waals surface area (Å²) < 4.78 is 0. The highest BCUT2D eigenvalue weighted by atomic mass is 35.5. The van der Waals surface area contributed by atoms with E-state index >= 15 is 0 Å². The van der Waals surface area contributed by atoms with E-state index in [1.165, 1.54) is 6.21 Å². The molecule has 94 valence electrons. The molecule has 0 aliphatic carbocycles. The van der Waals surface area contributed by atoms with Crippen LogP contribution in [0.3, 0.4) is 0 Å². The fourth-order valence-corrected chi connectivity index (χ4v) is 1.36. The molecule has 1 rings (SSSR count). The lowest BCUT2D eigenvalue weighted by Gasteiger charge is -2.07. The van der Waals surface area contributed by atoms with Gasteiger partial charge in [-0.15, -0.1) is 17.5 Å². The topological polar surface area (TPSA) is 54.0 Å². The highest BCUT2D eigenvalue weighted by Gasteiger charge is 2.01. The largest absolute Gasteiger partial charge is 0.368 e. The van der Waals surface area contributed by atoms with Gasteiger partial charge in [0.15, 0.2) is 0 Å². The lowest BCUT2D eigenvalue weighted by atomic mass is 10.2. The molecule has 17 heavy (non-hydrogen) atoms. The van der Waals surface area contributed by atoms with Crippen molar-refractivity contribution in [1.29, 1.82) is 0 Å². The van der Waals surface area contributed by atoms with Crippen molar-refractivity contribution in [3.63, 3.8) is 0 Å². The predicted octanol–water partition coefficient (Wildman–Crippen LogP) is 2.63. The number of benzene rings is 1. The molecule has 7 heteroatoms. The summed E-state index contributed by atoms with van der Waals surface area (Å²) in [5.74, 6) is 0.305. The van der Waals surface area contributed by atoms with Crippen LogP contribution in [0.15, 0.2) is 28.4 Å². The molecule has 0 aromatic heterocycles. The van der Waals surface area contributed by atoms with Crippen molar-refractivity contribution in [3.8, 4) is 0 Å². The minimum Gasteiger partial charge on any atom is -0.368 e. The molecule has 0 heterocycles.